The molecule has 0 aromatic rings. The molecule has 158 valence electrons. The third-order valence-corrected chi connectivity index (χ3v) is 7.68. The Morgan fingerprint density at radius 3 is 2.46 bits per heavy atom. The van der Waals surface area contributed by atoms with E-state index in [-0.39, 0.29) is 5.91 Å². The van der Waals surface area contributed by atoms with Crippen molar-refractivity contribution in [2.24, 2.45) is 0 Å². The van der Waals surface area contributed by atoms with E-state index < -0.39 is 27.6 Å². The molecule has 2 N–H and O–H groups in total. The molecule has 0 aliphatic heterocycles. The molecule has 3 unspecified atom stereocenters. The molecule has 0 bridgehead atoms. The molecule has 0 radical (unpaired) electrons. The lowest BCUT2D eigenvalue weighted by Gasteiger charge is -2.40. The largest absolute Gasteiger partial charge is 0.433 e. The fraction of sp³-hybridized carbons (Fsp3) is 0.611. The van der Waals surface area contributed by atoms with Crippen LogP contribution in [0.1, 0.15) is 40.0 Å². The number of unbranched alkanes of at least 4 members (excludes halogenated alkanes) is 2. The number of carbonyl (C=O) groups excluding carboxylic acids is 3. The first-order chi connectivity index (χ1) is 13.1. The van der Waals surface area contributed by atoms with Gasteiger partial charge in [0.15, 0.2) is 11.8 Å². The predicted molar refractivity (Wildman–Crippen MR) is 133 cm³/mol. The van der Waals surface area contributed by atoms with E-state index in [4.69, 9.17) is 9.47 Å². The molecule has 1 aliphatic carbocycles. The number of allylic oxidation sites excluding steroid dienone is 2. The Kier molecular flexibility index (Phi) is 11.2. The fourth-order valence-electron chi connectivity index (χ4n) is 2.69. The molecule has 0 aromatic heterocycles. The number of rotatable bonds is 9. The molecule has 0 spiro atoms. The minimum atomic E-state index is -1.38. The van der Waals surface area contributed by atoms with Crippen molar-refractivity contribution in [3.8, 4) is 0 Å². The van der Waals surface area contributed by atoms with Gasteiger partial charge in [-0.05, 0) is 64.6 Å². The Morgan fingerprint density at radius 2 is 1.93 bits per heavy atom. The van der Waals surface area contributed by atoms with Crippen LogP contribution in [0, 0.1) is 0 Å². The van der Waals surface area contributed by atoms with Crippen LogP contribution in [0.15, 0.2) is 18.8 Å². The SMILES string of the molecule is CCCCCOC(C)OC(=O)C1=C(I)C=C(I)C(NC(C)=O)(C(=O)NC)C1I. The normalized spacial score (nSPS) is 23.0. The molecule has 0 saturated carbocycles. The zero-order chi connectivity index (χ0) is 21.5. The smallest absolute Gasteiger partial charge is 0.338 e. The number of carbonyl (C=O) groups is 3. The van der Waals surface area contributed by atoms with Crippen LogP contribution in [-0.4, -0.2) is 47.2 Å². The average molecular weight is 730 g/mol. The van der Waals surface area contributed by atoms with Crippen LogP contribution in [0.4, 0.5) is 0 Å². The number of nitrogens with one attached hydrogen (secondary N) is 2. The molecule has 1 rings (SSSR count). The maximum atomic E-state index is 12.9. The topological polar surface area (TPSA) is 93.7 Å². The second kappa shape index (κ2) is 12.0. The molecule has 1 aliphatic rings. The summed E-state index contributed by atoms with van der Waals surface area (Å²) in [5.41, 5.74) is -1.06. The third-order valence-electron chi connectivity index (χ3n) is 4.07. The summed E-state index contributed by atoms with van der Waals surface area (Å²) in [6, 6.07) is 0. The predicted octanol–water partition coefficient (Wildman–Crippen LogP) is 3.53. The lowest BCUT2D eigenvalue weighted by atomic mass is 9.85. The van der Waals surface area contributed by atoms with Crippen molar-refractivity contribution in [3.05, 3.63) is 18.8 Å². The van der Waals surface area contributed by atoms with Gasteiger partial charge in [-0.2, -0.15) is 0 Å². The molecular formula is C18H25I3N2O5. The Labute approximate surface area is 206 Å². The highest BCUT2D eigenvalue weighted by molar-refractivity contribution is 14.1. The number of esters is 1. The van der Waals surface area contributed by atoms with Crippen LogP contribution in [0.2, 0.25) is 0 Å². The van der Waals surface area contributed by atoms with E-state index in [0.717, 1.165) is 19.3 Å². The molecular weight excluding hydrogens is 705 g/mol. The number of hydrogen-bond donors (Lipinski definition) is 2. The lowest BCUT2D eigenvalue weighted by molar-refractivity contribution is -0.170. The number of amides is 2. The van der Waals surface area contributed by atoms with Crippen LogP contribution >= 0.6 is 67.8 Å². The van der Waals surface area contributed by atoms with E-state index in [9.17, 15) is 14.4 Å². The summed E-state index contributed by atoms with van der Waals surface area (Å²) in [6.45, 7) is 5.62. The van der Waals surface area contributed by atoms with E-state index in [0.29, 0.717) is 19.3 Å². The van der Waals surface area contributed by atoms with Crippen LogP contribution < -0.4 is 10.6 Å². The van der Waals surface area contributed by atoms with Crippen LogP contribution in [0.3, 0.4) is 0 Å². The molecule has 0 fully saturated rings. The zero-order valence-corrected chi connectivity index (χ0v) is 22.7. The second-order valence-electron chi connectivity index (χ2n) is 6.24. The quantitative estimate of drug-likeness (QED) is 0.125. The number of hydrogen-bond acceptors (Lipinski definition) is 5. The minimum absolute atomic E-state index is 0.322. The second-order valence-corrected chi connectivity index (χ2v) is 9.81. The van der Waals surface area contributed by atoms with Crippen molar-refractivity contribution in [2.75, 3.05) is 13.7 Å². The Balaban J connectivity index is 3.10. The van der Waals surface area contributed by atoms with Gasteiger partial charge >= 0.3 is 5.97 Å². The highest BCUT2D eigenvalue weighted by Gasteiger charge is 2.53. The third kappa shape index (κ3) is 6.27. The number of alkyl halides is 1. The first-order valence-electron chi connectivity index (χ1n) is 8.86. The van der Waals surface area contributed by atoms with Gasteiger partial charge in [0.1, 0.15) is 0 Å². The Morgan fingerprint density at radius 1 is 1.29 bits per heavy atom. The molecule has 0 heterocycles. The summed E-state index contributed by atoms with van der Waals surface area (Å²) < 4.78 is 11.6. The van der Waals surface area contributed by atoms with Crippen LogP contribution in [0.25, 0.3) is 0 Å². The first-order valence-corrected chi connectivity index (χ1v) is 12.3. The molecule has 2 amide bonds. The van der Waals surface area contributed by atoms with Gasteiger partial charge in [0, 0.05) is 21.1 Å². The minimum Gasteiger partial charge on any atom is -0.433 e. The monoisotopic (exact) mass is 730 g/mol. The zero-order valence-electron chi connectivity index (χ0n) is 16.2. The maximum absolute atomic E-state index is 12.9. The van der Waals surface area contributed by atoms with Crippen molar-refractivity contribution in [3.63, 3.8) is 0 Å². The number of ether oxygens (including phenoxy) is 2. The van der Waals surface area contributed by atoms with Crippen molar-refractivity contribution < 1.29 is 23.9 Å². The van der Waals surface area contributed by atoms with Gasteiger partial charge in [-0.1, -0.05) is 42.4 Å². The van der Waals surface area contributed by atoms with Gasteiger partial charge in [0.25, 0.3) is 5.91 Å². The maximum Gasteiger partial charge on any atom is 0.338 e. The first kappa shape index (κ1) is 26.1. The van der Waals surface area contributed by atoms with Crippen molar-refractivity contribution in [2.45, 2.75) is 55.8 Å². The Bertz CT molecular complexity index is 680. The lowest BCUT2D eigenvalue weighted by Crippen LogP contribution is -2.65. The van der Waals surface area contributed by atoms with Gasteiger partial charge < -0.3 is 20.1 Å². The van der Waals surface area contributed by atoms with Gasteiger partial charge in [0.05, 0.1) is 16.1 Å². The molecule has 0 saturated heterocycles. The standard InChI is InChI=1S/C18H25I3N2O5/c1-5-6-7-8-27-11(3)28-16(25)14-12(19)9-13(20)18(15(14)21,17(26)22-4)23-10(2)24/h9,11,15H,5-8H2,1-4H3,(H,22,26)(H,23,24). The highest BCUT2D eigenvalue weighted by atomic mass is 127. The van der Waals surface area contributed by atoms with E-state index >= 15 is 0 Å². The summed E-state index contributed by atoms with van der Waals surface area (Å²) in [4.78, 5) is 37.5. The van der Waals surface area contributed by atoms with Gasteiger partial charge in [0.2, 0.25) is 5.91 Å². The molecule has 3 atom stereocenters. The summed E-state index contributed by atoms with van der Waals surface area (Å²) in [5.74, 6) is -1.34. The number of likely N-dealkylation sites (N-methyl/N-ethyl adjacent to an activating group) is 1. The number of halogens is 3. The van der Waals surface area contributed by atoms with E-state index in [1.165, 1.54) is 14.0 Å². The van der Waals surface area contributed by atoms with Gasteiger partial charge in [-0.15, -0.1) is 0 Å². The summed E-state index contributed by atoms with van der Waals surface area (Å²) in [5, 5.41) is 5.33. The average Bonchev–Trinajstić information content (AvgIpc) is 2.61. The van der Waals surface area contributed by atoms with Crippen molar-refractivity contribution >= 4 is 85.6 Å². The molecule has 28 heavy (non-hydrogen) atoms. The van der Waals surface area contributed by atoms with Crippen molar-refractivity contribution in [1.29, 1.82) is 0 Å². The van der Waals surface area contributed by atoms with Crippen LogP contribution in [-0.2, 0) is 23.9 Å². The summed E-state index contributed by atoms with van der Waals surface area (Å²) >= 11 is 6.08. The molecule has 10 heteroatoms. The van der Waals surface area contributed by atoms with E-state index in [1.807, 2.05) is 67.8 Å². The van der Waals surface area contributed by atoms with E-state index in [2.05, 4.69) is 17.6 Å². The van der Waals surface area contributed by atoms with Gasteiger partial charge in [-0.3, -0.25) is 9.59 Å². The van der Waals surface area contributed by atoms with Crippen molar-refractivity contribution in [1.82, 2.24) is 10.6 Å². The Hall–Kier alpha value is 0.0400. The summed E-state index contributed by atoms with van der Waals surface area (Å²) in [7, 11) is 1.49. The summed E-state index contributed by atoms with van der Waals surface area (Å²) in [6.07, 6.45) is 4.04. The highest BCUT2D eigenvalue weighted by Crippen LogP contribution is 2.44. The molecule has 0 aromatic carbocycles. The van der Waals surface area contributed by atoms with E-state index in [1.54, 1.807) is 13.0 Å². The van der Waals surface area contributed by atoms with Gasteiger partial charge in [-0.25, -0.2) is 4.79 Å². The fourth-order valence-corrected chi connectivity index (χ4v) is 7.69. The molecule has 7 nitrogen and oxygen atoms in total. The van der Waals surface area contributed by atoms with Crippen LogP contribution in [0.5, 0.6) is 0 Å².